The van der Waals surface area contributed by atoms with Crippen LogP contribution in [0.3, 0.4) is 0 Å². The summed E-state index contributed by atoms with van der Waals surface area (Å²) in [5.74, 6) is 0.331. The molecule has 0 aromatic heterocycles. The Morgan fingerprint density at radius 2 is 2.00 bits per heavy atom. The van der Waals surface area contributed by atoms with Crippen LogP contribution in [0.1, 0.15) is 10.4 Å². The third kappa shape index (κ3) is 3.11. The molecule has 0 unspecified atom stereocenters. The van der Waals surface area contributed by atoms with Crippen molar-refractivity contribution in [2.45, 2.75) is 9.79 Å². The van der Waals surface area contributed by atoms with Gasteiger partial charge < -0.3 is 4.74 Å². The molecule has 0 bridgehead atoms. The quantitative estimate of drug-likeness (QED) is 0.784. The Balaban J connectivity index is 2.27. The van der Waals surface area contributed by atoms with Gasteiger partial charge in [-0.25, -0.2) is 4.39 Å². The molecule has 0 amide bonds. The Morgan fingerprint density at radius 3 is 2.72 bits per heavy atom. The number of halogens is 1. The Kier molecular flexibility index (Phi) is 3.99. The Hall–Kier alpha value is -1.81. The molecule has 0 aliphatic carbocycles. The molecule has 0 radical (unpaired) electrons. The van der Waals surface area contributed by atoms with Crippen molar-refractivity contribution in [1.29, 1.82) is 0 Å². The monoisotopic (exact) mass is 262 g/mol. The highest BCUT2D eigenvalue weighted by atomic mass is 32.2. The smallest absolute Gasteiger partial charge is 0.150 e. The zero-order valence-corrected chi connectivity index (χ0v) is 10.5. The maximum absolute atomic E-state index is 13.3. The summed E-state index contributed by atoms with van der Waals surface area (Å²) < 4.78 is 18.4. The summed E-state index contributed by atoms with van der Waals surface area (Å²) in [7, 11) is 1.59. The molecule has 0 saturated heterocycles. The van der Waals surface area contributed by atoms with Crippen molar-refractivity contribution in [1.82, 2.24) is 0 Å². The molecule has 0 atom stereocenters. The van der Waals surface area contributed by atoms with E-state index in [0.717, 1.165) is 10.6 Å². The van der Waals surface area contributed by atoms with E-state index >= 15 is 0 Å². The summed E-state index contributed by atoms with van der Waals surface area (Å²) in [6.45, 7) is 0. The number of rotatable bonds is 4. The second-order valence-electron chi connectivity index (χ2n) is 3.62. The molecule has 0 saturated carbocycles. The molecule has 0 fully saturated rings. The van der Waals surface area contributed by atoms with Crippen LogP contribution in [-0.4, -0.2) is 13.4 Å². The fraction of sp³-hybridized carbons (Fsp3) is 0.0714. The van der Waals surface area contributed by atoms with Crippen LogP contribution in [0.4, 0.5) is 4.39 Å². The van der Waals surface area contributed by atoms with Gasteiger partial charge in [-0.15, -0.1) is 0 Å². The lowest BCUT2D eigenvalue weighted by atomic mass is 10.2. The summed E-state index contributed by atoms with van der Waals surface area (Å²) in [4.78, 5) is 12.3. The van der Waals surface area contributed by atoms with Crippen molar-refractivity contribution in [2.75, 3.05) is 7.11 Å². The van der Waals surface area contributed by atoms with Crippen LogP contribution in [0.15, 0.2) is 52.3 Å². The zero-order valence-electron chi connectivity index (χ0n) is 9.72. The lowest BCUT2D eigenvalue weighted by molar-refractivity contribution is 0.112. The highest BCUT2D eigenvalue weighted by Gasteiger charge is 2.03. The van der Waals surface area contributed by atoms with Gasteiger partial charge in [0, 0.05) is 15.4 Å². The summed E-state index contributed by atoms with van der Waals surface area (Å²) in [6.07, 6.45) is 0.638. The summed E-state index contributed by atoms with van der Waals surface area (Å²) in [6, 6.07) is 11.7. The van der Waals surface area contributed by atoms with Crippen molar-refractivity contribution in [3.05, 3.63) is 53.8 Å². The zero-order chi connectivity index (χ0) is 13.0. The molecule has 0 spiro atoms. The van der Waals surface area contributed by atoms with Gasteiger partial charge in [0.15, 0.2) is 0 Å². The third-order valence-electron chi connectivity index (χ3n) is 2.31. The second kappa shape index (κ2) is 5.69. The number of benzene rings is 2. The lowest BCUT2D eigenvalue weighted by Gasteiger charge is -2.05. The van der Waals surface area contributed by atoms with Crippen molar-refractivity contribution in [3.8, 4) is 5.75 Å². The Morgan fingerprint density at radius 1 is 1.17 bits per heavy atom. The minimum Gasteiger partial charge on any atom is -0.497 e. The van der Waals surface area contributed by atoms with Gasteiger partial charge in [0.05, 0.1) is 7.11 Å². The first-order valence-electron chi connectivity index (χ1n) is 5.29. The molecule has 18 heavy (non-hydrogen) atoms. The van der Waals surface area contributed by atoms with Gasteiger partial charge in [0.2, 0.25) is 0 Å². The molecular formula is C14H11FO2S. The Bertz CT molecular complexity index is 569. The number of methoxy groups -OCH3 is 1. The molecule has 2 aromatic rings. The van der Waals surface area contributed by atoms with Gasteiger partial charge in [0.1, 0.15) is 17.9 Å². The first-order chi connectivity index (χ1) is 8.71. The van der Waals surface area contributed by atoms with Gasteiger partial charge in [0.25, 0.3) is 0 Å². The number of carbonyl (C=O) groups is 1. The molecule has 0 heterocycles. The van der Waals surface area contributed by atoms with Gasteiger partial charge >= 0.3 is 0 Å². The number of aldehydes is 1. The molecule has 0 aliphatic heterocycles. The van der Waals surface area contributed by atoms with E-state index < -0.39 is 5.82 Å². The predicted octanol–water partition coefficient (Wildman–Crippen LogP) is 3.80. The van der Waals surface area contributed by atoms with Crippen LogP contribution in [0, 0.1) is 5.82 Å². The summed E-state index contributed by atoms with van der Waals surface area (Å²) >= 11 is 1.38. The normalized spacial score (nSPS) is 10.1. The van der Waals surface area contributed by atoms with E-state index in [4.69, 9.17) is 4.74 Å². The lowest BCUT2D eigenvalue weighted by Crippen LogP contribution is -1.85. The minimum absolute atomic E-state index is 0.334. The summed E-state index contributed by atoms with van der Waals surface area (Å²) in [5, 5.41) is 0. The van der Waals surface area contributed by atoms with E-state index in [0.29, 0.717) is 16.7 Å². The van der Waals surface area contributed by atoms with E-state index in [-0.39, 0.29) is 0 Å². The molecular weight excluding hydrogens is 251 g/mol. The number of hydrogen-bond acceptors (Lipinski definition) is 3. The fourth-order valence-corrected chi connectivity index (χ4v) is 2.47. The van der Waals surface area contributed by atoms with Crippen LogP contribution < -0.4 is 4.74 Å². The largest absolute Gasteiger partial charge is 0.497 e. The van der Waals surface area contributed by atoms with Crippen LogP contribution in [0.2, 0.25) is 0 Å². The highest BCUT2D eigenvalue weighted by molar-refractivity contribution is 7.99. The van der Waals surface area contributed by atoms with Gasteiger partial charge in [-0.1, -0.05) is 17.8 Å². The van der Waals surface area contributed by atoms with Crippen LogP contribution in [-0.2, 0) is 0 Å². The maximum Gasteiger partial charge on any atom is 0.150 e. The molecule has 2 aromatic carbocycles. The average molecular weight is 262 g/mol. The fourth-order valence-electron chi connectivity index (χ4n) is 1.51. The van der Waals surface area contributed by atoms with Crippen LogP contribution >= 0.6 is 11.8 Å². The van der Waals surface area contributed by atoms with Gasteiger partial charge in [-0.05, 0) is 36.4 Å². The molecule has 4 heteroatoms. The van der Waals surface area contributed by atoms with E-state index in [1.165, 1.54) is 23.9 Å². The van der Waals surface area contributed by atoms with Gasteiger partial charge in [-0.2, -0.15) is 0 Å². The first-order valence-corrected chi connectivity index (χ1v) is 6.10. The predicted molar refractivity (Wildman–Crippen MR) is 68.9 cm³/mol. The van der Waals surface area contributed by atoms with E-state index in [9.17, 15) is 9.18 Å². The Labute approximate surface area is 109 Å². The van der Waals surface area contributed by atoms with E-state index in [1.807, 2.05) is 24.3 Å². The average Bonchev–Trinajstić information content (AvgIpc) is 2.38. The summed E-state index contributed by atoms with van der Waals surface area (Å²) in [5.41, 5.74) is 0.334. The third-order valence-corrected chi connectivity index (χ3v) is 3.27. The van der Waals surface area contributed by atoms with Crippen molar-refractivity contribution in [3.63, 3.8) is 0 Å². The maximum atomic E-state index is 13.3. The number of ether oxygens (including phenoxy) is 1. The highest BCUT2D eigenvalue weighted by Crippen LogP contribution is 2.30. The molecule has 0 aliphatic rings. The topological polar surface area (TPSA) is 26.3 Å². The first kappa shape index (κ1) is 12.6. The van der Waals surface area contributed by atoms with E-state index in [2.05, 4.69) is 0 Å². The molecule has 2 rings (SSSR count). The number of carbonyl (C=O) groups excluding carboxylic acids is 1. The minimum atomic E-state index is -0.412. The van der Waals surface area contributed by atoms with Gasteiger partial charge in [-0.3, -0.25) is 4.79 Å². The molecule has 0 N–H and O–H groups in total. The van der Waals surface area contributed by atoms with Crippen LogP contribution in [0.5, 0.6) is 5.75 Å². The number of hydrogen-bond donors (Lipinski definition) is 0. The standard InChI is InChI=1S/C14H11FO2S/c1-17-12-3-2-4-13(8-12)18-14-6-10(9-16)5-11(15)7-14/h2-9H,1H3. The second-order valence-corrected chi connectivity index (χ2v) is 4.77. The van der Waals surface area contributed by atoms with Crippen molar-refractivity contribution in [2.24, 2.45) is 0 Å². The van der Waals surface area contributed by atoms with Crippen molar-refractivity contribution < 1.29 is 13.9 Å². The van der Waals surface area contributed by atoms with Crippen LogP contribution in [0.25, 0.3) is 0 Å². The van der Waals surface area contributed by atoms with Crippen molar-refractivity contribution >= 4 is 18.0 Å². The molecule has 92 valence electrons. The molecule has 2 nitrogen and oxygen atoms in total. The van der Waals surface area contributed by atoms with E-state index in [1.54, 1.807) is 13.2 Å². The SMILES string of the molecule is COc1cccc(Sc2cc(F)cc(C=O)c2)c1.